The number of carbonyl (C=O) groups excluding carboxylic acids is 1. The Bertz CT molecular complexity index is 1280. The molecule has 8 nitrogen and oxygen atoms in total. The van der Waals surface area contributed by atoms with E-state index >= 15 is 0 Å². The minimum atomic E-state index is -3.63. The third-order valence-corrected chi connectivity index (χ3v) is 8.56. The lowest BCUT2D eigenvalue weighted by Crippen LogP contribution is -2.30. The Labute approximate surface area is 210 Å². The average molecular weight is 520 g/mol. The Morgan fingerprint density at radius 3 is 2.49 bits per heavy atom. The van der Waals surface area contributed by atoms with Crippen molar-refractivity contribution in [2.24, 2.45) is 0 Å². The van der Waals surface area contributed by atoms with E-state index in [1.807, 2.05) is 18.4 Å². The number of sulfonamides is 1. The van der Waals surface area contributed by atoms with Crippen molar-refractivity contribution in [1.29, 1.82) is 0 Å². The molecule has 1 amide bonds. The number of hydrogen-bond acceptors (Lipinski definition) is 6. The highest BCUT2D eigenvalue weighted by Gasteiger charge is 2.24. The van der Waals surface area contributed by atoms with Crippen LogP contribution in [0.4, 0.5) is 10.1 Å². The molecule has 0 aliphatic rings. The third kappa shape index (κ3) is 6.28. The predicted molar refractivity (Wildman–Crippen MR) is 136 cm³/mol. The average Bonchev–Trinajstić information content (AvgIpc) is 3.27. The highest BCUT2D eigenvalue weighted by Crippen LogP contribution is 2.30. The number of carbonyl (C=O) groups is 1. The second-order valence-corrected chi connectivity index (χ2v) is 10.8. The Kier molecular flexibility index (Phi) is 9.03. The first-order chi connectivity index (χ1) is 16.7. The number of halogens is 1. The molecule has 3 aromatic rings. The molecule has 0 fully saturated rings. The second kappa shape index (κ2) is 11.8. The standard InChI is InChI=1S/C24H30FN5O3S2/c1-5-17(4)30-23(18-10-8-13-21(14-18)35(32,33)29(6-2)7-3)27-28-24(30)34-16-22(31)26-20-12-9-11-19(25)15-20/h8-15,17H,5-7,16H2,1-4H3,(H,26,31). The van der Waals surface area contributed by atoms with Crippen LogP contribution in [0.5, 0.6) is 0 Å². The number of thioether (sulfide) groups is 1. The number of anilines is 1. The lowest BCUT2D eigenvalue weighted by Gasteiger charge is -2.19. The van der Waals surface area contributed by atoms with Gasteiger partial charge in [0, 0.05) is 30.4 Å². The van der Waals surface area contributed by atoms with Gasteiger partial charge in [-0.05, 0) is 43.7 Å². The smallest absolute Gasteiger partial charge is 0.243 e. The van der Waals surface area contributed by atoms with Crippen molar-refractivity contribution in [3.05, 3.63) is 54.3 Å². The number of hydrogen-bond donors (Lipinski definition) is 1. The Morgan fingerprint density at radius 2 is 1.83 bits per heavy atom. The van der Waals surface area contributed by atoms with E-state index in [4.69, 9.17) is 0 Å². The fourth-order valence-corrected chi connectivity index (χ4v) is 5.89. The topological polar surface area (TPSA) is 97.2 Å². The number of benzene rings is 2. The molecule has 35 heavy (non-hydrogen) atoms. The van der Waals surface area contributed by atoms with Crippen LogP contribution in [0.2, 0.25) is 0 Å². The maximum absolute atomic E-state index is 13.4. The van der Waals surface area contributed by atoms with Crippen LogP contribution in [0.1, 0.15) is 40.2 Å². The largest absolute Gasteiger partial charge is 0.325 e. The van der Waals surface area contributed by atoms with E-state index in [9.17, 15) is 17.6 Å². The van der Waals surface area contributed by atoms with Gasteiger partial charge in [-0.1, -0.05) is 50.7 Å². The van der Waals surface area contributed by atoms with Gasteiger partial charge in [0.1, 0.15) is 5.82 Å². The molecule has 1 heterocycles. The second-order valence-electron chi connectivity index (χ2n) is 7.90. The summed E-state index contributed by atoms with van der Waals surface area (Å²) in [7, 11) is -3.63. The van der Waals surface area contributed by atoms with Gasteiger partial charge in [-0.25, -0.2) is 12.8 Å². The van der Waals surface area contributed by atoms with E-state index in [1.165, 1.54) is 34.3 Å². The minimum Gasteiger partial charge on any atom is -0.325 e. The monoisotopic (exact) mass is 519 g/mol. The summed E-state index contributed by atoms with van der Waals surface area (Å²) in [6.07, 6.45) is 0.783. The first-order valence-electron chi connectivity index (χ1n) is 11.4. The summed E-state index contributed by atoms with van der Waals surface area (Å²) in [6, 6.07) is 12.4. The van der Waals surface area contributed by atoms with Gasteiger partial charge in [0.25, 0.3) is 0 Å². The normalized spacial score (nSPS) is 12.6. The molecule has 0 saturated heterocycles. The maximum atomic E-state index is 13.4. The Hall–Kier alpha value is -2.76. The number of nitrogens with zero attached hydrogens (tertiary/aromatic N) is 4. The lowest BCUT2D eigenvalue weighted by atomic mass is 10.2. The number of amides is 1. The molecule has 0 aliphatic carbocycles. The van der Waals surface area contributed by atoms with Crippen LogP contribution in [0, 0.1) is 5.82 Å². The van der Waals surface area contributed by atoms with Crippen molar-refractivity contribution < 1.29 is 17.6 Å². The molecular formula is C24H30FN5O3S2. The van der Waals surface area contributed by atoms with Crippen LogP contribution in [0.25, 0.3) is 11.4 Å². The van der Waals surface area contributed by atoms with E-state index in [2.05, 4.69) is 15.5 Å². The maximum Gasteiger partial charge on any atom is 0.243 e. The summed E-state index contributed by atoms with van der Waals surface area (Å²) in [4.78, 5) is 12.6. The predicted octanol–water partition coefficient (Wildman–Crippen LogP) is 4.82. The van der Waals surface area contributed by atoms with Crippen LogP contribution in [-0.4, -0.2) is 52.2 Å². The van der Waals surface area contributed by atoms with E-state index < -0.39 is 15.8 Å². The van der Waals surface area contributed by atoms with Gasteiger partial charge < -0.3 is 5.32 Å². The van der Waals surface area contributed by atoms with Crippen LogP contribution in [0.3, 0.4) is 0 Å². The molecule has 0 radical (unpaired) electrons. The van der Waals surface area contributed by atoms with Crippen molar-refractivity contribution in [2.45, 2.75) is 50.2 Å². The van der Waals surface area contributed by atoms with E-state index in [-0.39, 0.29) is 22.6 Å². The van der Waals surface area contributed by atoms with Crippen molar-refractivity contribution in [3.63, 3.8) is 0 Å². The van der Waals surface area contributed by atoms with E-state index in [0.29, 0.717) is 35.3 Å². The Balaban J connectivity index is 1.87. The van der Waals surface area contributed by atoms with Crippen LogP contribution >= 0.6 is 11.8 Å². The molecule has 0 spiro atoms. The van der Waals surface area contributed by atoms with Gasteiger partial charge in [0.05, 0.1) is 10.6 Å². The Morgan fingerprint density at radius 1 is 1.11 bits per heavy atom. The van der Waals surface area contributed by atoms with Gasteiger partial charge in [0.2, 0.25) is 15.9 Å². The molecule has 0 bridgehead atoms. The molecular weight excluding hydrogens is 489 g/mol. The molecule has 1 atom stereocenters. The summed E-state index contributed by atoms with van der Waals surface area (Å²) in [5.74, 6) is -0.138. The number of rotatable bonds is 11. The van der Waals surface area contributed by atoms with Gasteiger partial charge >= 0.3 is 0 Å². The highest BCUT2D eigenvalue weighted by molar-refractivity contribution is 7.99. The number of nitrogens with one attached hydrogen (secondary N) is 1. The van der Waals surface area contributed by atoms with Crippen molar-refractivity contribution >= 4 is 33.4 Å². The van der Waals surface area contributed by atoms with Gasteiger partial charge in [-0.2, -0.15) is 4.31 Å². The zero-order chi connectivity index (χ0) is 25.6. The molecule has 1 N–H and O–H groups in total. The van der Waals surface area contributed by atoms with Crippen molar-refractivity contribution in [2.75, 3.05) is 24.2 Å². The first-order valence-corrected chi connectivity index (χ1v) is 13.9. The molecule has 1 aromatic heterocycles. The van der Waals surface area contributed by atoms with Crippen molar-refractivity contribution in [3.8, 4) is 11.4 Å². The molecule has 2 aromatic carbocycles. The zero-order valence-corrected chi connectivity index (χ0v) is 21.9. The minimum absolute atomic E-state index is 0.0109. The van der Waals surface area contributed by atoms with Crippen molar-refractivity contribution in [1.82, 2.24) is 19.1 Å². The first kappa shape index (κ1) is 26.8. The summed E-state index contributed by atoms with van der Waals surface area (Å²) in [5.41, 5.74) is 1.01. The SMILES string of the molecule is CCC(C)n1c(SCC(=O)Nc2cccc(F)c2)nnc1-c1cccc(S(=O)(=O)N(CC)CC)c1. The molecule has 3 rings (SSSR count). The fraction of sp³-hybridized carbons (Fsp3) is 0.375. The lowest BCUT2D eigenvalue weighted by molar-refractivity contribution is -0.113. The summed E-state index contributed by atoms with van der Waals surface area (Å²) < 4.78 is 42.7. The van der Waals surface area contributed by atoms with Gasteiger partial charge in [0.15, 0.2) is 11.0 Å². The van der Waals surface area contributed by atoms with Crippen LogP contribution < -0.4 is 5.32 Å². The van der Waals surface area contributed by atoms with Gasteiger partial charge in [-0.15, -0.1) is 10.2 Å². The summed E-state index contributed by atoms with van der Waals surface area (Å²) >= 11 is 1.22. The zero-order valence-electron chi connectivity index (χ0n) is 20.2. The van der Waals surface area contributed by atoms with E-state index in [1.54, 1.807) is 44.2 Å². The fourth-order valence-electron chi connectivity index (χ4n) is 3.55. The molecule has 1 unspecified atom stereocenters. The molecule has 0 aliphatic heterocycles. The van der Waals surface area contributed by atoms with E-state index in [0.717, 1.165) is 6.42 Å². The van der Waals surface area contributed by atoms with Crippen LogP contribution in [-0.2, 0) is 14.8 Å². The quantitative estimate of drug-likeness (QED) is 0.365. The summed E-state index contributed by atoms with van der Waals surface area (Å²) in [6.45, 7) is 8.41. The number of aromatic nitrogens is 3. The van der Waals surface area contributed by atoms with Gasteiger partial charge in [-0.3, -0.25) is 9.36 Å². The third-order valence-electron chi connectivity index (χ3n) is 5.57. The van der Waals surface area contributed by atoms with Crippen LogP contribution in [0.15, 0.2) is 58.6 Å². The molecule has 0 saturated carbocycles. The highest BCUT2D eigenvalue weighted by atomic mass is 32.2. The molecule has 11 heteroatoms. The summed E-state index contributed by atoms with van der Waals surface area (Å²) in [5, 5.41) is 11.8. The molecule has 188 valence electrons.